The Hall–Kier alpha value is -4.24. The van der Waals surface area contributed by atoms with Crippen LogP contribution in [-0.4, -0.2) is 60.7 Å². The fraction of sp³-hybridized carbons (Fsp3) is 0.459. The Bertz CT molecular complexity index is 1530. The molecular formula is C37H47N7O2. The first-order valence-corrected chi connectivity index (χ1v) is 16.8. The van der Waals surface area contributed by atoms with Crippen LogP contribution in [0.2, 0.25) is 0 Å². The van der Waals surface area contributed by atoms with Crippen LogP contribution < -0.4 is 5.73 Å². The lowest BCUT2D eigenvalue weighted by Crippen LogP contribution is -2.46. The number of amides is 2. The molecule has 2 aromatic heterocycles. The molecule has 4 N–H and O–H groups in total. The maximum atomic E-state index is 13.1. The van der Waals surface area contributed by atoms with E-state index in [1.807, 2.05) is 43.0 Å². The summed E-state index contributed by atoms with van der Waals surface area (Å²) in [6, 6.07) is 16.4. The van der Waals surface area contributed by atoms with Crippen LogP contribution in [0.15, 0.2) is 60.9 Å². The summed E-state index contributed by atoms with van der Waals surface area (Å²) in [5.74, 6) is 2.32. The molecule has 0 saturated carbocycles. The van der Waals surface area contributed by atoms with Gasteiger partial charge in [0.2, 0.25) is 11.8 Å². The predicted molar refractivity (Wildman–Crippen MR) is 181 cm³/mol. The second kappa shape index (κ2) is 13.2. The molecule has 4 atom stereocenters. The molecule has 0 spiro atoms. The van der Waals surface area contributed by atoms with E-state index >= 15 is 0 Å². The lowest BCUT2D eigenvalue weighted by molar-refractivity contribution is -0.137. The fourth-order valence-corrected chi connectivity index (χ4v) is 6.64. The van der Waals surface area contributed by atoms with Gasteiger partial charge in [-0.2, -0.15) is 0 Å². The number of likely N-dealkylation sites (tertiary alicyclic amines) is 2. The zero-order chi connectivity index (χ0) is 32.5. The molecule has 0 bridgehead atoms. The smallest absolute Gasteiger partial charge is 0.240 e. The number of H-pyrrole nitrogens is 2. The third-order valence-electron chi connectivity index (χ3n) is 10.0. The van der Waals surface area contributed by atoms with E-state index in [-0.39, 0.29) is 35.7 Å². The number of hydrogen-bond donors (Lipinski definition) is 3. The highest BCUT2D eigenvalue weighted by Crippen LogP contribution is 2.35. The maximum absolute atomic E-state index is 13.1. The Balaban J connectivity index is 1.12. The van der Waals surface area contributed by atoms with Gasteiger partial charge in [0.15, 0.2) is 0 Å². The van der Waals surface area contributed by atoms with Gasteiger partial charge in [-0.3, -0.25) is 9.59 Å². The number of rotatable bonds is 9. The van der Waals surface area contributed by atoms with Crippen molar-refractivity contribution in [3.05, 3.63) is 72.6 Å². The van der Waals surface area contributed by atoms with Gasteiger partial charge in [-0.1, -0.05) is 83.1 Å². The number of nitrogens with one attached hydrogen (secondary N) is 2. The molecule has 4 aromatic rings. The van der Waals surface area contributed by atoms with E-state index in [1.54, 1.807) is 0 Å². The van der Waals surface area contributed by atoms with Gasteiger partial charge in [-0.05, 0) is 59.8 Å². The Morgan fingerprint density at radius 2 is 1.09 bits per heavy atom. The standard InChI is InChI=1S/C37H47N7O2/c1-22(2)24(5)36(45)43-18-6-8-31(43)34-39-20-29(41-34)27-14-10-25(11-15-27)26-12-16-28(17-13-26)30-21-40-35(42-30)32-9-7-19-44(32)37(46)33(38)23(3)4/h10-17,20-24,31-33H,6-9,18-19,38H2,1-5H3,(H,39,41)(H,40,42)/t24-,31-,32-,33-/m0/s1. The van der Waals surface area contributed by atoms with Gasteiger partial charge < -0.3 is 25.5 Å². The van der Waals surface area contributed by atoms with E-state index in [0.29, 0.717) is 12.5 Å². The monoisotopic (exact) mass is 621 g/mol. The van der Waals surface area contributed by atoms with Crippen molar-refractivity contribution in [2.75, 3.05) is 13.1 Å². The van der Waals surface area contributed by atoms with Crippen molar-refractivity contribution in [2.24, 2.45) is 23.5 Å². The first-order valence-electron chi connectivity index (χ1n) is 16.8. The van der Waals surface area contributed by atoms with E-state index in [0.717, 1.165) is 77.5 Å². The van der Waals surface area contributed by atoms with Gasteiger partial charge in [0, 0.05) is 19.0 Å². The minimum absolute atomic E-state index is 0.00232. The van der Waals surface area contributed by atoms with Crippen molar-refractivity contribution in [2.45, 2.75) is 78.4 Å². The average Bonchev–Trinajstić information content (AvgIpc) is 3.89. The van der Waals surface area contributed by atoms with Crippen LogP contribution in [0.25, 0.3) is 33.6 Å². The number of nitrogens with zero attached hydrogens (tertiary/aromatic N) is 4. The van der Waals surface area contributed by atoms with Gasteiger partial charge >= 0.3 is 0 Å². The molecule has 9 heteroatoms. The molecule has 4 heterocycles. The normalized spacial score (nSPS) is 19.7. The van der Waals surface area contributed by atoms with Gasteiger partial charge in [0.25, 0.3) is 0 Å². The minimum Gasteiger partial charge on any atom is -0.340 e. The molecule has 2 fully saturated rings. The van der Waals surface area contributed by atoms with E-state index in [4.69, 9.17) is 10.7 Å². The largest absolute Gasteiger partial charge is 0.340 e. The Kier molecular flexibility index (Phi) is 9.13. The number of aromatic amines is 2. The van der Waals surface area contributed by atoms with Crippen LogP contribution in [0.3, 0.4) is 0 Å². The third-order valence-corrected chi connectivity index (χ3v) is 10.0. The zero-order valence-corrected chi connectivity index (χ0v) is 27.7. The summed E-state index contributed by atoms with van der Waals surface area (Å²) in [5, 5.41) is 0. The number of aromatic nitrogens is 4. The van der Waals surface area contributed by atoms with Crippen molar-refractivity contribution in [1.82, 2.24) is 29.7 Å². The number of imidazole rings is 2. The fourth-order valence-electron chi connectivity index (χ4n) is 6.64. The molecule has 0 radical (unpaired) electrons. The Labute approximate surface area is 272 Å². The molecule has 2 saturated heterocycles. The second-order valence-corrected chi connectivity index (χ2v) is 13.7. The summed E-state index contributed by atoms with van der Waals surface area (Å²) in [6.45, 7) is 11.7. The van der Waals surface area contributed by atoms with Crippen LogP contribution in [0.4, 0.5) is 0 Å². The summed E-state index contributed by atoms with van der Waals surface area (Å²) in [6.07, 6.45) is 7.50. The predicted octanol–water partition coefficient (Wildman–Crippen LogP) is 6.74. The van der Waals surface area contributed by atoms with Crippen molar-refractivity contribution < 1.29 is 9.59 Å². The maximum Gasteiger partial charge on any atom is 0.240 e. The summed E-state index contributed by atoms with van der Waals surface area (Å²) in [4.78, 5) is 46.4. The van der Waals surface area contributed by atoms with Crippen LogP contribution >= 0.6 is 0 Å². The Morgan fingerprint density at radius 1 is 0.674 bits per heavy atom. The number of benzene rings is 2. The number of carbonyl (C=O) groups is 2. The van der Waals surface area contributed by atoms with Crippen LogP contribution in [0.5, 0.6) is 0 Å². The van der Waals surface area contributed by atoms with Gasteiger partial charge in [-0.25, -0.2) is 9.97 Å². The van der Waals surface area contributed by atoms with E-state index in [1.165, 1.54) is 0 Å². The van der Waals surface area contributed by atoms with Crippen molar-refractivity contribution in [1.29, 1.82) is 0 Å². The molecule has 2 aliphatic heterocycles. The third kappa shape index (κ3) is 6.25. The Morgan fingerprint density at radius 3 is 1.50 bits per heavy atom. The summed E-state index contributed by atoms with van der Waals surface area (Å²) < 4.78 is 0. The molecule has 46 heavy (non-hydrogen) atoms. The lowest BCUT2D eigenvalue weighted by atomic mass is 9.96. The quantitative estimate of drug-likeness (QED) is 0.191. The van der Waals surface area contributed by atoms with Crippen molar-refractivity contribution in [3.8, 4) is 33.6 Å². The molecule has 0 unspecified atom stereocenters. The van der Waals surface area contributed by atoms with E-state index < -0.39 is 6.04 Å². The van der Waals surface area contributed by atoms with Crippen molar-refractivity contribution in [3.63, 3.8) is 0 Å². The number of carbonyl (C=O) groups excluding carboxylic acids is 2. The summed E-state index contributed by atoms with van der Waals surface area (Å²) in [7, 11) is 0. The molecule has 242 valence electrons. The molecule has 2 amide bonds. The van der Waals surface area contributed by atoms with Gasteiger partial charge in [0.1, 0.15) is 11.6 Å². The first kappa shape index (κ1) is 31.7. The molecular weight excluding hydrogens is 574 g/mol. The summed E-state index contributed by atoms with van der Waals surface area (Å²) >= 11 is 0. The highest BCUT2D eigenvalue weighted by Gasteiger charge is 2.36. The van der Waals surface area contributed by atoms with Crippen LogP contribution in [0, 0.1) is 17.8 Å². The van der Waals surface area contributed by atoms with Gasteiger partial charge in [0.05, 0.1) is 41.9 Å². The molecule has 9 nitrogen and oxygen atoms in total. The average molecular weight is 622 g/mol. The first-order chi connectivity index (χ1) is 22.1. The molecule has 6 rings (SSSR count). The van der Waals surface area contributed by atoms with Crippen LogP contribution in [-0.2, 0) is 9.59 Å². The molecule has 0 aliphatic carbocycles. The van der Waals surface area contributed by atoms with E-state index in [2.05, 4.69) is 77.3 Å². The number of nitrogens with two attached hydrogens (primary N) is 1. The highest BCUT2D eigenvalue weighted by atomic mass is 16.2. The summed E-state index contributed by atoms with van der Waals surface area (Å²) in [5.41, 5.74) is 12.4. The van der Waals surface area contributed by atoms with Crippen molar-refractivity contribution >= 4 is 11.8 Å². The zero-order valence-electron chi connectivity index (χ0n) is 27.7. The topological polar surface area (TPSA) is 124 Å². The highest BCUT2D eigenvalue weighted by molar-refractivity contribution is 5.82. The number of hydrogen-bond acceptors (Lipinski definition) is 5. The van der Waals surface area contributed by atoms with Gasteiger partial charge in [-0.15, -0.1) is 0 Å². The minimum atomic E-state index is -0.494. The second-order valence-electron chi connectivity index (χ2n) is 13.7. The molecule has 2 aromatic carbocycles. The SMILES string of the molecule is CC(C)[C@H](C)C(=O)N1CCC[C@H]1c1ncc(-c2ccc(-c3ccc(-c4cnc([C@@H]5CCCN5C(=O)[C@@H](N)C(C)C)[nH]4)cc3)cc2)[nH]1. The lowest BCUT2D eigenvalue weighted by Gasteiger charge is -2.27. The van der Waals surface area contributed by atoms with E-state index in [9.17, 15) is 9.59 Å². The molecule has 2 aliphatic rings. The van der Waals surface area contributed by atoms with Crippen LogP contribution in [0.1, 0.15) is 84.0 Å².